The average molecular weight is 235 g/mol. The molecule has 1 fully saturated rings. The Morgan fingerprint density at radius 1 is 1.53 bits per heavy atom. The molecule has 1 aliphatic carbocycles. The summed E-state index contributed by atoms with van der Waals surface area (Å²) < 4.78 is 28.6. The average Bonchev–Trinajstić information content (AvgIpc) is 2.64. The van der Waals surface area contributed by atoms with Crippen LogP contribution < -0.4 is 5.73 Å². The van der Waals surface area contributed by atoms with Gasteiger partial charge in [0.1, 0.15) is 0 Å². The molecule has 0 amide bonds. The molecule has 0 radical (unpaired) electrons. The monoisotopic (exact) mass is 235 g/mol. The maximum Gasteiger partial charge on any atom is 0.152 e. The zero-order valence-electron chi connectivity index (χ0n) is 9.53. The second-order valence-electron chi connectivity index (χ2n) is 4.45. The minimum absolute atomic E-state index is 0.109. The summed E-state index contributed by atoms with van der Waals surface area (Å²) in [7, 11) is -1.27. The first kappa shape index (κ1) is 12.9. The molecule has 2 N–H and O–H groups in total. The SMILES string of the molecule is CCS(=O)(=O)C1CCC(CN)(COC)C1. The first-order chi connectivity index (χ1) is 6.99. The molecule has 2 atom stereocenters. The number of nitrogens with two attached hydrogens (primary N) is 1. The van der Waals surface area contributed by atoms with Gasteiger partial charge in [-0.3, -0.25) is 0 Å². The molecule has 0 heterocycles. The fourth-order valence-corrected chi connectivity index (χ4v) is 3.93. The van der Waals surface area contributed by atoms with Crippen molar-refractivity contribution in [1.29, 1.82) is 0 Å². The predicted octanol–water partition coefficient (Wildman–Crippen LogP) is 0.565. The van der Waals surface area contributed by atoms with Crippen LogP contribution in [-0.4, -0.2) is 39.7 Å². The molecule has 0 spiro atoms. The minimum atomic E-state index is -2.91. The predicted molar refractivity (Wildman–Crippen MR) is 60.5 cm³/mol. The highest BCUT2D eigenvalue weighted by molar-refractivity contribution is 7.92. The highest BCUT2D eigenvalue weighted by atomic mass is 32.2. The molecule has 1 saturated carbocycles. The molecule has 2 unspecified atom stereocenters. The lowest BCUT2D eigenvalue weighted by molar-refractivity contribution is 0.0895. The van der Waals surface area contributed by atoms with Crippen molar-refractivity contribution in [3.63, 3.8) is 0 Å². The maximum atomic E-state index is 11.7. The van der Waals surface area contributed by atoms with E-state index in [-0.39, 0.29) is 16.4 Å². The van der Waals surface area contributed by atoms with E-state index in [4.69, 9.17) is 10.5 Å². The Hall–Kier alpha value is -0.130. The second-order valence-corrected chi connectivity index (χ2v) is 7.02. The van der Waals surface area contributed by atoms with Gasteiger partial charge < -0.3 is 10.5 Å². The van der Waals surface area contributed by atoms with E-state index in [1.807, 2.05) is 0 Å². The first-order valence-corrected chi connectivity index (χ1v) is 7.12. The van der Waals surface area contributed by atoms with Gasteiger partial charge in [-0.05, 0) is 19.3 Å². The third kappa shape index (κ3) is 2.71. The quantitative estimate of drug-likeness (QED) is 0.756. The molecular formula is C10H21NO3S. The molecule has 90 valence electrons. The molecule has 1 aliphatic rings. The molecule has 4 nitrogen and oxygen atoms in total. The fraction of sp³-hybridized carbons (Fsp3) is 1.00. The van der Waals surface area contributed by atoms with Crippen molar-refractivity contribution in [3.05, 3.63) is 0 Å². The van der Waals surface area contributed by atoms with E-state index in [0.29, 0.717) is 19.6 Å². The third-order valence-corrected chi connectivity index (χ3v) is 5.67. The Morgan fingerprint density at radius 3 is 2.67 bits per heavy atom. The highest BCUT2D eigenvalue weighted by Gasteiger charge is 2.42. The largest absolute Gasteiger partial charge is 0.384 e. The Balaban J connectivity index is 2.73. The first-order valence-electron chi connectivity index (χ1n) is 5.40. The van der Waals surface area contributed by atoms with Crippen LogP contribution in [0.4, 0.5) is 0 Å². The smallest absolute Gasteiger partial charge is 0.152 e. The van der Waals surface area contributed by atoms with Gasteiger partial charge in [-0.1, -0.05) is 6.92 Å². The van der Waals surface area contributed by atoms with Crippen molar-refractivity contribution in [2.24, 2.45) is 11.1 Å². The van der Waals surface area contributed by atoms with Gasteiger partial charge in [0.05, 0.1) is 11.9 Å². The van der Waals surface area contributed by atoms with Gasteiger partial charge in [0, 0.05) is 24.8 Å². The van der Waals surface area contributed by atoms with Crippen LogP contribution in [0.5, 0.6) is 0 Å². The summed E-state index contributed by atoms with van der Waals surface area (Å²) in [5.41, 5.74) is 5.62. The van der Waals surface area contributed by atoms with Crippen molar-refractivity contribution in [1.82, 2.24) is 0 Å². The van der Waals surface area contributed by atoms with Crippen LogP contribution >= 0.6 is 0 Å². The van der Waals surface area contributed by atoms with E-state index in [1.54, 1.807) is 14.0 Å². The van der Waals surface area contributed by atoms with Gasteiger partial charge in [-0.25, -0.2) is 8.42 Å². The standard InChI is InChI=1S/C10H21NO3S/c1-3-15(12,13)9-4-5-10(6-9,7-11)8-14-2/h9H,3-8,11H2,1-2H3. The summed E-state index contributed by atoms with van der Waals surface area (Å²) in [6.45, 7) is 2.78. The second kappa shape index (κ2) is 4.80. The molecule has 0 aromatic heterocycles. The van der Waals surface area contributed by atoms with Crippen molar-refractivity contribution in [2.45, 2.75) is 31.4 Å². The lowest BCUT2D eigenvalue weighted by Gasteiger charge is -2.26. The van der Waals surface area contributed by atoms with Gasteiger partial charge in [0.15, 0.2) is 9.84 Å². The van der Waals surface area contributed by atoms with Crippen LogP contribution in [0.3, 0.4) is 0 Å². The van der Waals surface area contributed by atoms with Crippen molar-refractivity contribution >= 4 is 9.84 Å². The van der Waals surface area contributed by atoms with E-state index < -0.39 is 9.84 Å². The minimum Gasteiger partial charge on any atom is -0.384 e. The van der Waals surface area contributed by atoms with E-state index in [2.05, 4.69) is 0 Å². The van der Waals surface area contributed by atoms with E-state index in [1.165, 1.54) is 0 Å². The van der Waals surface area contributed by atoms with Crippen LogP contribution in [0.15, 0.2) is 0 Å². The normalized spacial score (nSPS) is 32.1. The van der Waals surface area contributed by atoms with Gasteiger partial charge in [0.2, 0.25) is 0 Å². The van der Waals surface area contributed by atoms with Crippen molar-refractivity contribution in [2.75, 3.05) is 26.0 Å². The Bertz CT molecular complexity index is 302. The van der Waals surface area contributed by atoms with Crippen LogP contribution in [0.2, 0.25) is 0 Å². The molecule has 0 saturated heterocycles. The number of methoxy groups -OCH3 is 1. The molecule has 15 heavy (non-hydrogen) atoms. The number of ether oxygens (including phenoxy) is 1. The summed E-state index contributed by atoms with van der Waals surface area (Å²) in [6, 6.07) is 0. The summed E-state index contributed by atoms with van der Waals surface area (Å²) in [6.07, 6.45) is 2.26. The molecule has 0 aromatic carbocycles. The van der Waals surface area contributed by atoms with Gasteiger partial charge in [-0.15, -0.1) is 0 Å². The summed E-state index contributed by atoms with van der Waals surface area (Å²) >= 11 is 0. The van der Waals surface area contributed by atoms with Gasteiger partial charge >= 0.3 is 0 Å². The molecule has 0 bridgehead atoms. The Labute approximate surface area is 92.1 Å². The third-order valence-electron chi connectivity index (χ3n) is 3.45. The van der Waals surface area contributed by atoms with Crippen LogP contribution in [0.1, 0.15) is 26.2 Å². The molecular weight excluding hydrogens is 214 g/mol. The maximum absolute atomic E-state index is 11.7. The van der Waals surface area contributed by atoms with Gasteiger partial charge in [0.25, 0.3) is 0 Å². The number of hydrogen-bond donors (Lipinski definition) is 1. The molecule has 5 heteroatoms. The van der Waals surface area contributed by atoms with Crippen LogP contribution in [0.25, 0.3) is 0 Å². The van der Waals surface area contributed by atoms with E-state index in [0.717, 1.165) is 12.8 Å². The summed E-state index contributed by atoms with van der Waals surface area (Å²) in [4.78, 5) is 0. The topological polar surface area (TPSA) is 69.4 Å². The lowest BCUT2D eigenvalue weighted by atomic mass is 9.87. The van der Waals surface area contributed by atoms with Crippen molar-refractivity contribution < 1.29 is 13.2 Å². The van der Waals surface area contributed by atoms with Gasteiger partial charge in [-0.2, -0.15) is 0 Å². The molecule has 0 aromatic rings. The van der Waals surface area contributed by atoms with E-state index in [9.17, 15) is 8.42 Å². The fourth-order valence-electron chi connectivity index (χ4n) is 2.38. The Morgan fingerprint density at radius 2 is 2.20 bits per heavy atom. The number of rotatable bonds is 5. The number of sulfone groups is 1. The molecule has 0 aliphatic heterocycles. The van der Waals surface area contributed by atoms with Crippen LogP contribution in [0, 0.1) is 5.41 Å². The summed E-state index contributed by atoms with van der Waals surface area (Å²) in [5, 5.41) is -0.207. The van der Waals surface area contributed by atoms with Crippen LogP contribution in [-0.2, 0) is 14.6 Å². The zero-order valence-corrected chi connectivity index (χ0v) is 10.3. The Kier molecular flexibility index (Phi) is 4.14. The lowest BCUT2D eigenvalue weighted by Crippen LogP contribution is -2.34. The van der Waals surface area contributed by atoms with E-state index >= 15 is 0 Å². The highest BCUT2D eigenvalue weighted by Crippen LogP contribution is 2.40. The number of hydrogen-bond acceptors (Lipinski definition) is 4. The zero-order chi connectivity index (χ0) is 11.5. The summed E-state index contributed by atoms with van der Waals surface area (Å²) in [5.74, 6) is 0.227. The van der Waals surface area contributed by atoms with Crippen molar-refractivity contribution in [3.8, 4) is 0 Å². The molecule has 1 rings (SSSR count).